The molecule has 0 unspecified atom stereocenters. The average Bonchev–Trinajstić information content (AvgIpc) is 3.35. The highest BCUT2D eigenvalue weighted by Crippen LogP contribution is 2.25. The van der Waals surface area contributed by atoms with Crippen molar-refractivity contribution in [3.63, 3.8) is 0 Å². The minimum absolute atomic E-state index is 0.230. The monoisotopic (exact) mass is 581 g/mol. The Morgan fingerprint density at radius 2 is 1.74 bits per heavy atom. The van der Waals surface area contributed by atoms with Gasteiger partial charge in [-0.05, 0) is 32.0 Å². The van der Waals surface area contributed by atoms with Crippen LogP contribution in [-0.4, -0.2) is 71.1 Å². The summed E-state index contributed by atoms with van der Waals surface area (Å²) in [5.74, 6) is -1.50. The molecule has 1 fully saturated rings. The number of nitrogens with one attached hydrogen (secondary N) is 1. The Bertz CT molecular complexity index is 1090. The van der Waals surface area contributed by atoms with Gasteiger partial charge in [0.05, 0.1) is 10.7 Å². The Morgan fingerprint density at radius 3 is 2.26 bits per heavy atom. The number of aromatic nitrogens is 2. The lowest BCUT2D eigenvalue weighted by Crippen LogP contribution is -2.30. The third-order valence-electron chi connectivity index (χ3n) is 5.72. The lowest BCUT2D eigenvalue weighted by atomic mass is 9.88. The molecule has 0 bridgehead atoms. The molecule has 1 aliphatic heterocycles. The van der Waals surface area contributed by atoms with Crippen LogP contribution in [0.2, 0.25) is 5.02 Å². The van der Waals surface area contributed by atoms with Crippen LogP contribution in [0.4, 0.5) is 5.82 Å². The molecule has 0 aromatic carbocycles. The Hall–Kier alpha value is -3.09. The topological polar surface area (TPSA) is 165 Å². The Morgan fingerprint density at radius 1 is 1.10 bits per heavy atom. The highest BCUT2D eigenvalue weighted by atomic mass is 35.5. The summed E-state index contributed by atoms with van der Waals surface area (Å²) >= 11 is 6.96. The number of pyridine rings is 1. The maximum atomic E-state index is 11.4. The van der Waals surface area contributed by atoms with Crippen molar-refractivity contribution in [2.24, 2.45) is 17.4 Å². The lowest BCUT2D eigenvalue weighted by Gasteiger charge is -2.23. The maximum absolute atomic E-state index is 11.4. The number of rotatable bonds is 3. The zero-order valence-corrected chi connectivity index (χ0v) is 24.9. The molecule has 0 atom stereocenters. The highest BCUT2D eigenvalue weighted by molar-refractivity contribution is 7.13. The molecular formula is C26H40ClN7O4S. The summed E-state index contributed by atoms with van der Waals surface area (Å²) in [6.45, 7) is 5.90. The van der Waals surface area contributed by atoms with Crippen molar-refractivity contribution in [1.82, 2.24) is 19.8 Å². The Balaban J connectivity index is 0.000000284. The van der Waals surface area contributed by atoms with Crippen LogP contribution in [0.1, 0.15) is 66.3 Å². The number of amides is 4. The second-order valence-corrected chi connectivity index (χ2v) is 10.5. The van der Waals surface area contributed by atoms with Crippen LogP contribution < -0.4 is 16.8 Å². The van der Waals surface area contributed by atoms with Gasteiger partial charge in [-0.3, -0.25) is 19.2 Å². The van der Waals surface area contributed by atoms with E-state index < -0.39 is 17.7 Å². The summed E-state index contributed by atoms with van der Waals surface area (Å²) in [4.78, 5) is 56.4. The number of halogens is 1. The number of nitrogens with two attached hydrogens (primary N) is 2. The van der Waals surface area contributed by atoms with Crippen LogP contribution in [0.5, 0.6) is 0 Å². The second kappa shape index (κ2) is 17.5. The molecule has 0 saturated heterocycles. The normalized spacial score (nSPS) is 14.5. The molecule has 1 saturated carbocycles. The number of fused-ring (bicyclic) bond motifs is 1. The maximum Gasteiger partial charge on any atom is 0.314 e. The summed E-state index contributed by atoms with van der Waals surface area (Å²) in [5, 5.41) is 3.07. The van der Waals surface area contributed by atoms with Gasteiger partial charge < -0.3 is 26.6 Å². The first-order valence-electron chi connectivity index (χ1n) is 12.9. The number of anilines is 1. The van der Waals surface area contributed by atoms with E-state index in [0.717, 1.165) is 38.0 Å². The quantitative estimate of drug-likeness (QED) is 0.468. The number of likely N-dealkylation sites (N-methyl/N-ethyl adjacent to an activating group) is 1. The smallest absolute Gasteiger partial charge is 0.314 e. The molecule has 4 amide bonds. The van der Waals surface area contributed by atoms with E-state index in [-0.39, 0.29) is 5.82 Å². The van der Waals surface area contributed by atoms with E-state index >= 15 is 0 Å². The minimum Gasteiger partial charge on any atom is -0.364 e. The van der Waals surface area contributed by atoms with Crippen molar-refractivity contribution < 1.29 is 19.2 Å². The molecule has 216 valence electrons. The Kier molecular flexibility index (Phi) is 15.2. The summed E-state index contributed by atoms with van der Waals surface area (Å²) in [7, 11) is 5.75. The summed E-state index contributed by atoms with van der Waals surface area (Å²) in [5.41, 5.74) is 10.9. The predicted octanol–water partition coefficient (Wildman–Crippen LogP) is 3.07. The second-order valence-electron chi connectivity index (χ2n) is 8.99. The van der Waals surface area contributed by atoms with Crippen molar-refractivity contribution in [2.45, 2.75) is 58.9 Å². The third-order valence-corrected chi connectivity index (χ3v) is 7.04. The van der Waals surface area contributed by atoms with Crippen molar-refractivity contribution in [1.29, 1.82) is 0 Å². The van der Waals surface area contributed by atoms with Gasteiger partial charge in [0, 0.05) is 50.6 Å². The van der Waals surface area contributed by atoms with Crippen LogP contribution >= 0.6 is 22.9 Å². The molecule has 5 N–H and O–H groups in total. The van der Waals surface area contributed by atoms with Gasteiger partial charge >= 0.3 is 11.8 Å². The van der Waals surface area contributed by atoms with Crippen molar-refractivity contribution >= 4 is 52.4 Å². The number of nitrogens with zero attached hydrogens (tertiary/aromatic N) is 4. The van der Waals surface area contributed by atoms with E-state index in [4.69, 9.17) is 23.1 Å². The van der Waals surface area contributed by atoms with Crippen LogP contribution in [0.25, 0.3) is 0 Å². The van der Waals surface area contributed by atoms with Gasteiger partial charge in [0.1, 0.15) is 5.82 Å². The van der Waals surface area contributed by atoms with E-state index in [1.807, 2.05) is 27.9 Å². The molecule has 2 aromatic rings. The number of hydrogen-bond donors (Lipinski definition) is 3. The first kappa shape index (κ1) is 33.9. The average molecular weight is 582 g/mol. The summed E-state index contributed by atoms with van der Waals surface area (Å²) in [6, 6.07) is 2.99. The number of primary amides is 2. The van der Waals surface area contributed by atoms with Crippen molar-refractivity contribution in [3.8, 4) is 0 Å². The SMILES string of the molecule is CC.CN(C)C(=O)C1CCCCC1.CN1CCc2nc(C(N)=O)sc2C1.NC(=O)C(=O)Nc1ccc(Cl)cn1. The Labute approximate surface area is 239 Å². The van der Waals surface area contributed by atoms with Crippen LogP contribution in [0.15, 0.2) is 18.3 Å². The first-order valence-corrected chi connectivity index (χ1v) is 14.1. The molecule has 0 spiro atoms. The zero-order chi connectivity index (χ0) is 29.5. The molecule has 2 aromatic heterocycles. The fraction of sp³-hybridized carbons (Fsp3) is 0.538. The van der Waals surface area contributed by atoms with E-state index in [0.29, 0.717) is 21.9 Å². The number of thiazole rings is 1. The molecule has 1 aliphatic carbocycles. The fourth-order valence-electron chi connectivity index (χ4n) is 3.77. The lowest BCUT2D eigenvalue weighted by molar-refractivity contribution is -0.134. The van der Waals surface area contributed by atoms with Gasteiger partial charge in [-0.25, -0.2) is 9.97 Å². The van der Waals surface area contributed by atoms with Gasteiger partial charge in [0.25, 0.3) is 5.91 Å². The van der Waals surface area contributed by atoms with Crippen molar-refractivity contribution in [2.75, 3.05) is 33.0 Å². The van der Waals surface area contributed by atoms with E-state index in [1.165, 1.54) is 53.8 Å². The van der Waals surface area contributed by atoms with E-state index in [9.17, 15) is 19.2 Å². The van der Waals surface area contributed by atoms with Gasteiger partial charge in [0.2, 0.25) is 5.91 Å². The molecule has 13 heteroatoms. The molecule has 3 heterocycles. The van der Waals surface area contributed by atoms with Crippen LogP contribution in [0, 0.1) is 5.92 Å². The molecular weight excluding hydrogens is 542 g/mol. The zero-order valence-electron chi connectivity index (χ0n) is 23.3. The molecule has 2 aliphatic rings. The highest BCUT2D eigenvalue weighted by Gasteiger charge is 2.22. The first-order chi connectivity index (χ1) is 18.5. The van der Waals surface area contributed by atoms with Gasteiger partial charge in [0.15, 0.2) is 5.01 Å². The summed E-state index contributed by atoms with van der Waals surface area (Å²) in [6.07, 6.45) is 8.29. The minimum atomic E-state index is -1.06. The fourth-order valence-corrected chi connectivity index (χ4v) is 4.92. The standard InChI is InChI=1S/C9H17NO.C8H11N3OS.C7H6ClN3O2.C2H6/c1-10(2)9(11)8-6-4-3-5-7-8;1-11-3-2-5-6(4-11)13-8(10-5)7(9)12;8-4-1-2-5(10-3-4)11-7(13)6(9)12;1-2/h8H,3-7H2,1-2H3;2-4H2,1H3,(H2,9,12);1-3H,(H2,9,12)(H,10,11,13);1-2H3. The molecule has 4 rings (SSSR count). The van der Waals surface area contributed by atoms with Gasteiger partial charge in [-0.2, -0.15) is 0 Å². The third kappa shape index (κ3) is 12.1. The predicted molar refractivity (Wildman–Crippen MR) is 154 cm³/mol. The summed E-state index contributed by atoms with van der Waals surface area (Å²) < 4.78 is 0. The van der Waals surface area contributed by atoms with E-state index in [2.05, 4.69) is 27.2 Å². The molecule has 11 nitrogen and oxygen atoms in total. The van der Waals surface area contributed by atoms with Gasteiger partial charge in [-0.1, -0.05) is 44.7 Å². The van der Waals surface area contributed by atoms with Gasteiger partial charge in [-0.15, -0.1) is 11.3 Å². The van der Waals surface area contributed by atoms with Crippen LogP contribution in [-0.2, 0) is 27.3 Å². The number of hydrogen-bond acceptors (Lipinski definition) is 8. The number of carbonyl (C=O) groups excluding carboxylic acids is 4. The molecule has 39 heavy (non-hydrogen) atoms. The van der Waals surface area contributed by atoms with E-state index in [1.54, 1.807) is 4.90 Å². The molecule has 0 radical (unpaired) electrons. The van der Waals surface area contributed by atoms with Crippen molar-refractivity contribution in [3.05, 3.63) is 38.9 Å². The number of carbonyl (C=O) groups is 4. The largest absolute Gasteiger partial charge is 0.364 e. The van der Waals surface area contributed by atoms with Crippen LogP contribution in [0.3, 0.4) is 0 Å².